The van der Waals surface area contributed by atoms with E-state index in [-0.39, 0.29) is 22.2 Å². The summed E-state index contributed by atoms with van der Waals surface area (Å²) in [4.78, 5) is 18.2. The maximum absolute atomic E-state index is 13.6. The lowest BCUT2D eigenvalue weighted by atomic mass is 9.23. The molecule has 0 aromatic heterocycles. The van der Waals surface area contributed by atoms with Gasteiger partial charge in [0.2, 0.25) is 0 Å². The molecule has 5 unspecified atom stereocenters. The lowest BCUT2D eigenvalue weighted by Crippen LogP contribution is -2.75. The van der Waals surface area contributed by atoms with Crippen LogP contribution in [0.3, 0.4) is 0 Å². The average Bonchev–Trinajstić information content (AvgIpc) is 3.19. The van der Waals surface area contributed by atoms with Crippen LogP contribution >= 0.6 is 0 Å². The van der Waals surface area contributed by atoms with Crippen molar-refractivity contribution in [3.63, 3.8) is 0 Å². The molecule has 5 aliphatic rings. The Hall–Kier alpha value is -1.66. The number of rotatable bonds is 4. The molecule has 160 valence electrons. The van der Waals surface area contributed by atoms with Gasteiger partial charge in [-0.15, -0.1) is 6.42 Å². The summed E-state index contributed by atoms with van der Waals surface area (Å²) in [6.45, 7) is 6.85. The molecule has 0 aromatic rings. The zero-order valence-electron chi connectivity index (χ0n) is 18.8. The molecule has 1 spiro atoms. The van der Waals surface area contributed by atoms with E-state index in [1.54, 1.807) is 0 Å². The highest BCUT2D eigenvalue weighted by Crippen LogP contribution is 2.95. The summed E-state index contributed by atoms with van der Waals surface area (Å²) in [7, 11) is 0. The molecule has 2 bridgehead atoms. The Balaban J connectivity index is 1.45. The lowest BCUT2D eigenvalue weighted by molar-refractivity contribution is -0.309. The number of aliphatic imine (C=N–C) groups is 1. The van der Waals surface area contributed by atoms with Crippen LogP contribution in [0.4, 0.5) is 0 Å². The molecule has 5 rings (SSSR count). The van der Waals surface area contributed by atoms with Crippen LogP contribution in [-0.2, 0) is 4.79 Å². The number of terminal acetylenes is 1. The minimum atomic E-state index is -0.305. The van der Waals surface area contributed by atoms with Crippen molar-refractivity contribution in [3.8, 4) is 12.3 Å². The van der Waals surface area contributed by atoms with E-state index in [1.807, 2.05) is 19.2 Å². The molecule has 1 amide bonds. The molecular weight excluding hydrogens is 368 g/mol. The van der Waals surface area contributed by atoms with Crippen LogP contribution in [0.25, 0.3) is 0 Å². The first-order valence-electron chi connectivity index (χ1n) is 11.9. The van der Waals surface area contributed by atoms with E-state index in [0.29, 0.717) is 29.2 Å². The van der Waals surface area contributed by atoms with E-state index < -0.39 is 0 Å². The van der Waals surface area contributed by atoms with Crippen LogP contribution in [0.5, 0.6) is 0 Å². The van der Waals surface area contributed by atoms with Crippen LogP contribution in [0.15, 0.2) is 28.8 Å². The summed E-state index contributed by atoms with van der Waals surface area (Å²) in [6.07, 6.45) is 22.5. The highest BCUT2D eigenvalue weighted by molar-refractivity contribution is 5.91. The number of carbonyl (C=O) groups excluding carboxylic acids is 1. The van der Waals surface area contributed by atoms with Crippen molar-refractivity contribution in [1.82, 2.24) is 0 Å². The first kappa shape index (κ1) is 20.3. The minimum Gasteiger partial charge on any atom is -0.328 e. The van der Waals surface area contributed by atoms with E-state index in [9.17, 15) is 4.79 Å². The van der Waals surface area contributed by atoms with Crippen LogP contribution in [-0.4, -0.2) is 18.2 Å². The fourth-order valence-electron chi connectivity index (χ4n) is 8.91. The van der Waals surface area contributed by atoms with Gasteiger partial charge in [-0.2, -0.15) is 0 Å². The largest absolute Gasteiger partial charge is 0.328 e. The topological polar surface area (TPSA) is 55.5 Å². The standard InChI is InChI=1S/C27H36N2O/c1-5-7-8-19(6-2)26-14-22-24(3,4)21-13-25(16-26,17-27(21,22)26)23(30)29-15-18-9-11-20(28)12-10-18/h2,5,7-8,15,18,20-22H,9-14,16-17,28H2,1,3-4H3/b7-5-,19-8+,29-15+. The Morgan fingerprint density at radius 3 is 2.50 bits per heavy atom. The van der Waals surface area contributed by atoms with Crippen LogP contribution in [0, 0.1) is 51.8 Å². The van der Waals surface area contributed by atoms with Gasteiger partial charge >= 0.3 is 0 Å². The van der Waals surface area contributed by atoms with Gasteiger partial charge < -0.3 is 5.73 Å². The van der Waals surface area contributed by atoms with Gasteiger partial charge in [0.15, 0.2) is 0 Å². The van der Waals surface area contributed by atoms with Crippen molar-refractivity contribution in [1.29, 1.82) is 0 Å². The lowest BCUT2D eigenvalue weighted by Gasteiger charge is -2.80. The summed E-state index contributed by atoms with van der Waals surface area (Å²) in [5.74, 6) is 4.87. The second-order valence-corrected chi connectivity index (χ2v) is 11.6. The van der Waals surface area contributed by atoms with Gasteiger partial charge in [0.05, 0.1) is 5.41 Å². The number of amides is 1. The summed E-state index contributed by atoms with van der Waals surface area (Å²) in [5.41, 5.74) is 7.42. The molecule has 5 atom stereocenters. The predicted octanol–water partition coefficient (Wildman–Crippen LogP) is 5.07. The van der Waals surface area contributed by atoms with Crippen molar-refractivity contribution >= 4 is 12.1 Å². The number of nitrogens with two attached hydrogens (primary N) is 1. The van der Waals surface area contributed by atoms with E-state index in [0.717, 1.165) is 56.9 Å². The molecule has 5 saturated carbocycles. The van der Waals surface area contributed by atoms with Crippen molar-refractivity contribution < 1.29 is 4.79 Å². The number of nitrogens with zero attached hydrogens (tertiary/aromatic N) is 1. The molecule has 3 nitrogen and oxygen atoms in total. The molecule has 0 heterocycles. The SMILES string of the molecule is C#C/C(=C\C=C/C)C12CC3C(C)(C)C4CC(C(=O)/N=C/C5CCC(N)CC5)(C1)CC432. The minimum absolute atomic E-state index is 0.0210. The van der Waals surface area contributed by atoms with Crippen molar-refractivity contribution in [3.05, 3.63) is 23.8 Å². The molecule has 5 aliphatic carbocycles. The van der Waals surface area contributed by atoms with Crippen LogP contribution in [0.2, 0.25) is 0 Å². The summed E-state index contributed by atoms with van der Waals surface area (Å²) >= 11 is 0. The quantitative estimate of drug-likeness (QED) is 0.404. The number of allylic oxidation sites excluding steroid dienone is 4. The molecule has 30 heavy (non-hydrogen) atoms. The van der Waals surface area contributed by atoms with Gasteiger partial charge in [-0.25, -0.2) is 4.99 Å². The number of hydrogen-bond donors (Lipinski definition) is 1. The third-order valence-corrected chi connectivity index (χ3v) is 10.1. The van der Waals surface area contributed by atoms with Crippen molar-refractivity contribution in [2.75, 3.05) is 0 Å². The average molecular weight is 405 g/mol. The number of hydrogen-bond acceptors (Lipinski definition) is 2. The maximum Gasteiger partial charge on any atom is 0.251 e. The summed E-state index contributed by atoms with van der Waals surface area (Å²) in [6, 6.07) is 0.323. The molecule has 2 N–H and O–H groups in total. The Kier molecular flexibility index (Phi) is 4.34. The van der Waals surface area contributed by atoms with Crippen LogP contribution < -0.4 is 5.73 Å². The van der Waals surface area contributed by atoms with Gasteiger partial charge in [0.1, 0.15) is 0 Å². The Morgan fingerprint density at radius 2 is 1.83 bits per heavy atom. The second-order valence-electron chi connectivity index (χ2n) is 11.6. The monoisotopic (exact) mass is 404 g/mol. The Morgan fingerprint density at radius 1 is 1.13 bits per heavy atom. The molecule has 5 fully saturated rings. The van der Waals surface area contributed by atoms with Gasteiger partial charge in [-0.3, -0.25) is 4.79 Å². The van der Waals surface area contributed by atoms with Crippen LogP contribution in [0.1, 0.15) is 72.1 Å². The number of fused-ring (bicyclic) bond motifs is 1. The summed E-state index contributed by atoms with van der Waals surface area (Å²) in [5, 5.41) is 0. The van der Waals surface area contributed by atoms with Crippen molar-refractivity contribution in [2.45, 2.75) is 78.2 Å². The molecule has 0 aliphatic heterocycles. The van der Waals surface area contributed by atoms with Gasteiger partial charge in [-0.1, -0.05) is 38.0 Å². The van der Waals surface area contributed by atoms with E-state index in [2.05, 4.69) is 36.9 Å². The zero-order valence-corrected chi connectivity index (χ0v) is 18.8. The fraction of sp³-hybridized carbons (Fsp3) is 0.704. The zero-order chi connectivity index (χ0) is 21.4. The molecule has 0 radical (unpaired) electrons. The first-order valence-corrected chi connectivity index (χ1v) is 11.9. The summed E-state index contributed by atoms with van der Waals surface area (Å²) < 4.78 is 0. The highest BCUT2D eigenvalue weighted by atomic mass is 16.1. The Bertz CT molecular complexity index is 896. The van der Waals surface area contributed by atoms with Gasteiger partial charge in [0, 0.05) is 23.2 Å². The molecule has 0 aromatic carbocycles. The van der Waals surface area contributed by atoms with Gasteiger partial charge in [-0.05, 0) is 86.9 Å². The van der Waals surface area contributed by atoms with E-state index >= 15 is 0 Å². The normalized spacial score (nSPS) is 48.3. The third kappa shape index (κ3) is 2.27. The van der Waals surface area contributed by atoms with E-state index in [4.69, 9.17) is 12.2 Å². The molecule has 3 heteroatoms. The first-order chi connectivity index (χ1) is 14.3. The highest BCUT2D eigenvalue weighted by Gasteiger charge is 2.90. The maximum atomic E-state index is 13.6. The number of carbonyl (C=O) groups is 1. The second kappa shape index (κ2) is 6.42. The predicted molar refractivity (Wildman–Crippen MR) is 122 cm³/mol. The van der Waals surface area contributed by atoms with Crippen molar-refractivity contribution in [2.24, 2.45) is 50.1 Å². The molecular formula is C27H36N2O. The Labute approximate surface area is 181 Å². The third-order valence-electron chi connectivity index (χ3n) is 10.1. The fourth-order valence-corrected chi connectivity index (χ4v) is 8.91. The van der Waals surface area contributed by atoms with E-state index in [1.165, 1.54) is 0 Å². The van der Waals surface area contributed by atoms with Gasteiger partial charge in [0.25, 0.3) is 5.91 Å². The molecule has 0 saturated heterocycles. The smallest absolute Gasteiger partial charge is 0.251 e.